The molecule has 0 radical (unpaired) electrons. The van der Waals surface area contributed by atoms with Crippen LogP contribution in [0.1, 0.15) is 35.1 Å². The van der Waals surface area contributed by atoms with E-state index in [1.54, 1.807) is 7.11 Å². The molecule has 172 valence electrons. The van der Waals surface area contributed by atoms with Crippen molar-refractivity contribution in [2.75, 3.05) is 33.8 Å². The molecule has 0 saturated carbocycles. The number of likely N-dealkylation sites (tertiary alicyclic amines) is 1. The van der Waals surface area contributed by atoms with E-state index in [2.05, 4.69) is 17.0 Å². The van der Waals surface area contributed by atoms with Crippen LogP contribution in [0.4, 0.5) is 0 Å². The SMILES string of the molecule is COc1ccc(C(CN(C)C(=O)C(c2ccccc2)c2ccccc2)N2CC[C@H](O)C2)cc1. The first kappa shape index (κ1) is 23.0. The molecule has 0 spiro atoms. The van der Waals surface area contributed by atoms with Gasteiger partial charge in [-0.2, -0.15) is 0 Å². The maximum atomic E-state index is 13.8. The molecule has 1 heterocycles. The Kier molecular flexibility index (Phi) is 7.43. The fourth-order valence-electron chi connectivity index (χ4n) is 4.65. The summed E-state index contributed by atoms with van der Waals surface area (Å²) in [4.78, 5) is 17.9. The molecule has 1 aliphatic rings. The van der Waals surface area contributed by atoms with Gasteiger partial charge in [0.1, 0.15) is 5.75 Å². The molecule has 1 fully saturated rings. The third-order valence-electron chi connectivity index (χ3n) is 6.47. The summed E-state index contributed by atoms with van der Waals surface area (Å²) in [6.07, 6.45) is 0.425. The van der Waals surface area contributed by atoms with Crippen molar-refractivity contribution < 1.29 is 14.6 Å². The highest BCUT2D eigenvalue weighted by molar-refractivity contribution is 5.87. The van der Waals surface area contributed by atoms with Crippen molar-refractivity contribution in [2.24, 2.45) is 0 Å². The Bertz CT molecular complexity index is 985. The Labute approximate surface area is 196 Å². The minimum Gasteiger partial charge on any atom is -0.497 e. The quantitative estimate of drug-likeness (QED) is 0.569. The molecule has 1 aliphatic heterocycles. The highest BCUT2D eigenvalue weighted by atomic mass is 16.5. The molecule has 33 heavy (non-hydrogen) atoms. The topological polar surface area (TPSA) is 53.0 Å². The molecule has 2 atom stereocenters. The molecule has 4 rings (SSSR count). The number of β-amino-alcohol motifs (C(OH)–C–C–N with tert-alkyl or cyclic N) is 1. The van der Waals surface area contributed by atoms with E-state index in [9.17, 15) is 9.90 Å². The molecule has 0 aromatic heterocycles. The zero-order valence-electron chi connectivity index (χ0n) is 19.3. The van der Waals surface area contributed by atoms with Crippen LogP contribution in [0.5, 0.6) is 5.75 Å². The number of carbonyl (C=O) groups excluding carboxylic acids is 1. The number of amides is 1. The molecule has 0 bridgehead atoms. The van der Waals surface area contributed by atoms with Gasteiger partial charge in [-0.25, -0.2) is 0 Å². The predicted molar refractivity (Wildman–Crippen MR) is 130 cm³/mol. The van der Waals surface area contributed by atoms with E-state index in [1.165, 1.54) is 0 Å². The number of rotatable bonds is 8. The predicted octanol–water partition coefficient (Wildman–Crippen LogP) is 4.09. The van der Waals surface area contributed by atoms with Crippen molar-refractivity contribution in [1.29, 1.82) is 0 Å². The summed E-state index contributed by atoms with van der Waals surface area (Å²) >= 11 is 0. The number of aliphatic hydroxyl groups excluding tert-OH is 1. The average Bonchev–Trinajstić information content (AvgIpc) is 3.30. The lowest BCUT2D eigenvalue weighted by Crippen LogP contribution is -2.40. The van der Waals surface area contributed by atoms with Crippen LogP contribution < -0.4 is 4.74 Å². The van der Waals surface area contributed by atoms with Gasteiger partial charge in [0.2, 0.25) is 5.91 Å². The van der Waals surface area contributed by atoms with Gasteiger partial charge in [-0.15, -0.1) is 0 Å². The minimum atomic E-state index is -0.363. The van der Waals surface area contributed by atoms with E-state index in [4.69, 9.17) is 4.74 Å². The van der Waals surface area contributed by atoms with Crippen LogP contribution in [-0.2, 0) is 4.79 Å². The van der Waals surface area contributed by atoms with E-state index in [0.717, 1.165) is 35.4 Å². The third-order valence-corrected chi connectivity index (χ3v) is 6.47. The van der Waals surface area contributed by atoms with Gasteiger partial charge >= 0.3 is 0 Å². The molecule has 3 aromatic carbocycles. The number of carbonyl (C=O) groups is 1. The number of benzene rings is 3. The molecule has 3 aromatic rings. The van der Waals surface area contributed by atoms with Crippen molar-refractivity contribution in [2.45, 2.75) is 24.5 Å². The van der Waals surface area contributed by atoms with Gasteiger partial charge in [0.05, 0.1) is 25.2 Å². The fourth-order valence-corrected chi connectivity index (χ4v) is 4.65. The first-order valence-electron chi connectivity index (χ1n) is 11.5. The Balaban J connectivity index is 1.61. The van der Waals surface area contributed by atoms with Gasteiger partial charge in [-0.3, -0.25) is 9.69 Å². The van der Waals surface area contributed by atoms with Crippen molar-refractivity contribution >= 4 is 5.91 Å². The smallest absolute Gasteiger partial charge is 0.234 e. The van der Waals surface area contributed by atoms with E-state index < -0.39 is 0 Å². The van der Waals surface area contributed by atoms with Crippen molar-refractivity contribution in [3.8, 4) is 5.75 Å². The first-order chi connectivity index (χ1) is 16.1. The summed E-state index contributed by atoms with van der Waals surface area (Å²) in [5, 5.41) is 10.2. The lowest BCUT2D eigenvalue weighted by molar-refractivity contribution is -0.131. The normalized spacial score (nSPS) is 17.2. The maximum absolute atomic E-state index is 13.8. The van der Waals surface area contributed by atoms with Gasteiger partial charge in [0, 0.05) is 26.7 Å². The number of aliphatic hydroxyl groups is 1. The van der Waals surface area contributed by atoms with Crippen LogP contribution in [0.25, 0.3) is 0 Å². The van der Waals surface area contributed by atoms with Crippen molar-refractivity contribution in [1.82, 2.24) is 9.80 Å². The summed E-state index contributed by atoms with van der Waals surface area (Å²) in [7, 11) is 3.54. The van der Waals surface area contributed by atoms with Crippen LogP contribution >= 0.6 is 0 Å². The molecular weight excluding hydrogens is 412 g/mol. The first-order valence-corrected chi connectivity index (χ1v) is 11.5. The summed E-state index contributed by atoms with van der Waals surface area (Å²) in [6.45, 7) is 1.95. The highest BCUT2D eigenvalue weighted by Gasteiger charge is 2.32. The summed E-state index contributed by atoms with van der Waals surface area (Å²) in [6, 6.07) is 27.9. The monoisotopic (exact) mass is 444 g/mol. The van der Waals surface area contributed by atoms with E-state index in [1.807, 2.05) is 84.7 Å². The second-order valence-corrected chi connectivity index (χ2v) is 8.70. The Hall–Kier alpha value is -3.15. The average molecular weight is 445 g/mol. The second-order valence-electron chi connectivity index (χ2n) is 8.70. The fraction of sp³-hybridized carbons (Fsp3) is 0.321. The largest absolute Gasteiger partial charge is 0.497 e. The standard InChI is InChI=1S/C28H32N2O3/c1-29(28(32)27(22-9-5-3-6-10-22)23-11-7-4-8-12-23)20-26(30-18-17-24(31)19-30)21-13-15-25(33-2)16-14-21/h3-16,24,26-27,31H,17-20H2,1-2H3/t24-,26?/m0/s1. The Morgan fingerprint density at radius 1 is 0.970 bits per heavy atom. The van der Waals surface area contributed by atoms with Crippen molar-refractivity contribution in [3.05, 3.63) is 102 Å². The van der Waals surface area contributed by atoms with Gasteiger partial charge in [0.15, 0.2) is 0 Å². The molecule has 1 N–H and O–H groups in total. The second kappa shape index (κ2) is 10.6. The van der Waals surface area contributed by atoms with Gasteiger partial charge in [0.25, 0.3) is 0 Å². The number of ether oxygens (including phenoxy) is 1. The molecule has 1 saturated heterocycles. The number of hydrogen-bond acceptors (Lipinski definition) is 4. The molecular formula is C28H32N2O3. The Morgan fingerprint density at radius 3 is 2.03 bits per heavy atom. The maximum Gasteiger partial charge on any atom is 0.234 e. The molecule has 1 unspecified atom stereocenters. The van der Waals surface area contributed by atoms with E-state index in [0.29, 0.717) is 13.1 Å². The molecule has 5 nitrogen and oxygen atoms in total. The zero-order valence-corrected chi connectivity index (χ0v) is 19.3. The van der Waals surface area contributed by atoms with Crippen LogP contribution in [-0.4, -0.2) is 60.7 Å². The number of methoxy groups -OCH3 is 1. The summed E-state index contributed by atoms with van der Waals surface area (Å²) in [5.74, 6) is 0.500. The van der Waals surface area contributed by atoms with Gasteiger partial charge in [-0.05, 0) is 35.2 Å². The van der Waals surface area contributed by atoms with E-state index in [-0.39, 0.29) is 24.0 Å². The van der Waals surface area contributed by atoms with Crippen LogP contribution in [0.15, 0.2) is 84.9 Å². The number of hydrogen-bond donors (Lipinski definition) is 1. The van der Waals surface area contributed by atoms with Crippen LogP contribution in [0.2, 0.25) is 0 Å². The van der Waals surface area contributed by atoms with Crippen molar-refractivity contribution in [3.63, 3.8) is 0 Å². The zero-order chi connectivity index (χ0) is 23.2. The van der Waals surface area contributed by atoms with Gasteiger partial charge < -0.3 is 14.7 Å². The van der Waals surface area contributed by atoms with Gasteiger partial charge in [-0.1, -0.05) is 72.8 Å². The van der Waals surface area contributed by atoms with Crippen LogP contribution in [0.3, 0.4) is 0 Å². The summed E-state index contributed by atoms with van der Waals surface area (Å²) < 4.78 is 5.32. The molecule has 1 amide bonds. The summed E-state index contributed by atoms with van der Waals surface area (Å²) in [5.41, 5.74) is 3.08. The van der Waals surface area contributed by atoms with E-state index >= 15 is 0 Å². The number of nitrogens with zero attached hydrogens (tertiary/aromatic N) is 2. The minimum absolute atomic E-state index is 0.00537. The molecule has 0 aliphatic carbocycles. The lowest BCUT2D eigenvalue weighted by Gasteiger charge is -2.33. The Morgan fingerprint density at radius 2 is 1.55 bits per heavy atom. The third kappa shape index (κ3) is 5.44. The molecule has 5 heteroatoms. The number of likely N-dealkylation sites (N-methyl/N-ethyl adjacent to an activating group) is 1. The van der Waals surface area contributed by atoms with Crippen LogP contribution in [0, 0.1) is 0 Å². The highest BCUT2D eigenvalue weighted by Crippen LogP contribution is 2.31. The lowest BCUT2D eigenvalue weighted by atomic mass is 9.90.